The van der Waals surface area contributed by atoms with Crippen LogP contribution >= 0.6 is 0 Å². The molecular formula is C20H21N3O5. The summed E-state index contributed by atoms with van der Waals surface area (Å²) >= 11 is 0. The average Bonchev–Trinajstić information content (AvgIpc) is 3.03. The number of amides is 4. The number of hydrogen-bond acceptors (Lipinski definition) is 5. The Morgan fingerprint density at radius 2 is 2.00 bits per heavy atom. The van der Waals surface area contributed by atoms with Crippen LogP contribution in [-0.2, 0) is 14.3 Å². The molecule has 28 heavy (non-hydrogen) atoms. The SMILES string of the molecule is COc1ccc2cc(C3CN(C(=O)CN4CC(=O)NC4=O)CCO3)ccc2c1. The van der Waals surface area contributed by atoms with Gasteiger partial charge in [0, 0.05) is 6.54 Å². The Kier molecular flexibility index (Phi) is 4.87. The number of rotatable bonds is 4. The Labute approximate surface area is 162 Å². The van der Waals surface area contributed by atoms with Gasteiger partial charge < -0.3 is 19.3 Å². The molecule has 2 aromatic rings. The molecule has 1 N–H and O–H groups in total. The van der Waals surface area contributed by atoms with Crippen molar-refractivity contribution >= 4 is 28.6 Å². The highest BCUT2D eigenvalue weighted by Gasteiger charge is 2.32. The first-order valence-corrected chi connectivity index (χ1v) is 9.09. The first kappa shape index (κ1) is 18.2. The second-order valence-corrected chi connectivity index (χ2v) is 6.88. The average molecular weight is 383 g/mol. The maximum Gasteiger partial charge on any atom is 0.325 e. The van der Waals surface area contributed by atoms with Crippen LogP contribution in [0.25, 0.3) is 10.8 Å². The summed E-state index contributed by atoms with van der Waals surface area (Å²) in [6.45, 7) is 1.10. The zero-order valence-electron chi connectivity index (χ0n) is 15.5. The van der Waals surface area contributed by atoms with E-state index in [0.29, 0.717) is 19.7 Å². The zero-order valence-corrected chi connectivity index (χ0v) is 15.5. The summed E-state index contributed by atoms with van der Waals surface area (Å²) in [6.07, 6.45) is -0.238. The largest absolute Gasteiger partial charge is 0.497 e. The number of ether oxygens (including phenoxy) is 2. The van der Waals surface area contributed by atoms with Gasteiger partial charge in [0.1, 0.15) is 24.9 Å². The van der Waals surface area contributed by atoms with E-state index in [1.807, 2.05) is 30.3 Å². The van der Waals surface area contributed by atoms with Crippen LogP contribution in [-0.4, -0.2) is 67.5 Å². The molecule has 0 saturated carbocycles. The standard InChI is InChI=1S/C20H21N3O5/c1-27-16-5-4-13-8-15(3-2-14(13)9-16)17-10-22(6-7-28-17)19(25)12-23-11-18(24)21-20(23)26/h2-5,8-9,17H,6-7,10-12H2,1H3,(H,21,24,26). The summed E-state index contributed by atoms with van der Waals surface area (Å²) in [5.41, 5.74) is 0.990. The Morgan fingerprint density at radius 1 is 1.21 bits per heavy atom. The maximum atomic E-state index is 12.6. The lowest BCUT2D eigenvalue weighted by Gasteiger charge is -2.34. The first-order valence-electron chi connectivity index (χ1n) is 9.09. The van der Waals surface area contributed by atoms with Crippen molar-refractivity contribution in [1.82, 2.24) is 15.1 Å². The number of benzene rings is 2. The van der Waals surface area contributed by atoms with Crippen LogP contribution in [0.4, 0.5) is 4.79 Å². The number of urea groups is 1. The Morgan fingerprint density at radius 3 is 2.75 bits per heavy atom. The minimum absolute atomic E-state index is 0.0769. The molecule has 2 aliphatic rings. The third kappa shape index (κ3) is 3.63. The molecule has 8 heteroatoms. The van der Waals surface area contributed by atoms with Gasteiger partial charge in [0.25, 0.3) is 0 Å². The van der Waals surface area contributed by atoms with Gasteiger partial charge in [-0.3, -0.25) is 14.9 Å². The van der Waals surface area contributed by atoms with Crippen molar-refractivity contribution < 1.29 is 23.9 Å². The third-order valence-electron chi connectivity index (χ3n) is 5.06. The highest BCUT2D eigenvalue weighted by atomic mass is 16.5. The molecule has 2 saturated heterocycles. The van der Waals surface area contributed by atoms with Crippen molar-refractivity contribution in [2.45, 2.75) is 6.10 Å². The molecule has 2 heterocycles. The van der Waals surface area contributed by atoms with E-state index in [0.717, 1.165) is 22.1 Å². The fourth-order valence-corrected chi connectivity index (χ4v) is 3.52. The lowest BCUT2D eigenvalue weighted by atomic mass is 10.0. The minimum atomic E-state index is -0.520. The molecule has 2 fully saturated rings. The number of carbonyl (C=O) groups is 3. The van der Waals surface area contributed by atoms with Gasteiger partial charge in [0.15, 0.2) is 0 Å². The lowest BCUT2D eigenvalue weighted by Crippen LogP contribution is -2.47. The summed E-state index contributed by atoms with van der Waals surface area (Å²) in [7, 11) is 1.64. The van der Waals surface area contributed by atoms with Crippen LogP contribution in [0.3, 0.4) is 0 Å². The second-order valence-electron chi connectivity index (χ2n) is 6.88. The molecule has 0 aliphatic carbocycles. The normalized spacial score (nSPS) is 19.8. The van der Waals surface area contributed by atoms with Crippen LogP contribution in [0.1, 0.15) is 11.7 Å². The molecule has 2 aromatic carbocycles. The quantitative estimate of drug-likeness (QED) is 0.804. The lowest BCUT2D eigenvalue weighted by molar-refractivity contribution is -0.139. The second kappa shape index (κ2) is 7.47. The van der Waals surface area contributed by atoms with Gasteiger partial charge in [-0.1, -0.05) is 18.2 Å². The van der Waals surface area contributed by atoms with Gasteiger partial charge in [0.2, 0.25) is 11.8 Å². The fraction of sp³-hybridized carbons (Fsp3) is 0.350. The van der Waals surface area contributed by atoms with Crippen molar-refractivity contribution in [2.75, 3.05) is 39.9 Å². The van der Waals surface area contributed by atoms with Crippen molar-refractivity contribution in [3.63, 3.8) is 0 Å². The minimum Gasteiger partial charge on any atom is -0.497 e. The maximum absolute atomic E-state index is 12.6. The molecular weight excluding hydrogens is 362 g/mol. The zero-order chi connectivity index (χ0) is 19.7. The molecule has 146 valence electrons. The highest BCUT2D eigenvalue weighted by Crippen LogP contribution is 2.28. The molecule has 0 spiro atoms. The summed E-state index contributed by atoms with van der Waals surface area (Å²) in [5, 5.41) is 4.31. The number of methoxy groups -OCH3 is 1. The van der Waals surface area contributed by atoms with Gasteiger partial charge in [0.05, 0.1) is 20.3 Å². The van der Waals surface area contributed by atoms with Gasteiger partial charge in [-0.2, -0.15) is 0 Å². The number of imide groups is 1. The van der Waals surface area contributed by atoms with E-state index in [1.54, 1.807) is 12.0 Å². The number of carbonyl (C=O) groups excluding carboxylic acids is 3. The van der Waals surface area contributed by atoms with Gasteiger partial charge >= 0.3 is 6.03 Å². The Bertz CT molecular complexity index is 945. The molecule has 4 amide bonds. The molecule has 0 radical (unpaired) electrons. The summed E-state index contributed by atoms with van der Waals surface area (Å²) in [4.78, 5) is 38.4. The van der Waals surface area contributed by atoms with Gasteiger partial charge in [-0.05, 0) is 34.5 Å². The van der Waals surface area contributed by atoms with E-state index in [4.69, 9.17) is 9.47 Å². The van der Waals surface area contributed by atoms with Gasteiger partial charge in [-0.25, -0.2) is 4.79 Å². The Hall–Kier alpha value is -3.13. The van der Waals surface area contributed by atoms with E-state index in [2.05, 4.69) is 11.4 Å². The molecule has 1 unspecified atom stereocenters. The molecule has 8 nitrogen and oxygen atoms in total. The number of morpholine rings is 1. The molecule has 0 bridgehead atoms. The number of nitrogens with one attached hydrogen (secondary N) is 1. The monoisotopic (exact) mass is 383 g/mol. The van der Waals surface area contributed by atoms with Crippen LogP contribution in [0, 0.1) is 0 Å². The fourth-order valence-electron chi connectivity index (χ4n) is 3.52. The first-order chi connectivity index (χ1) is 13.5. The summed E-state index contributed by atoms with van der Waals surface area (Å²) in [5.74, 6) is 0.226. The molecule has 2 aliphatic heterocycles. The predicted octanol–water partition coefficient (Wildman–Crippen LogP) is 1.30. The van der Waals surface area contributed by atoms with E-state index >= 15 is 0 Å². The van der Waals surface area contributed by atoms with Crippen molar-refractivity contribution in [3.05, 3.63) is 42.0 Å². The Balaban J connectivity index is 1.46. The van der Waals surface area contributed by atoms with Crippen LogP contribution in [0.2, 0.25) is 0 Å². The predicted molar refractivity (Wildman–Crippen MR) is 101 cm³/mol. The molecule has 0 aromatic heterocycles. The van der Waals surface area contributed by atoms with Crippen molar-refractivity contribution in [2.24, 2.45) is 0 Å². The molecule has 4 rings (SSSR count). The number of fused-ring (bicyclic) bond motifs is 1. The smallest absolute Gasteiger partial charge is 0.325 e. The number of hydrogen-bond donors (Lipinski definition) is 1. The van der Waals surface area contributed by atoms with E-state index in [-0.39, 0.29) is 31.0 Å². The molecule has 1 atom stereocenters. The summed E-state index contributed by atoms with van der Waals surface area (Å²) in [6, 6.07) is 11.4. The van der Waals surface area contributed by atoms with Crippen molar-refractivity contribution in [3.8, 4) is 5.75 Å². The van der Waals surface area contributed by atoms with Gasteiger partial charge in [-0.15, -0.1) is 0 Å². The van der Waals surface area contributed by atoms with Crippen LogP contribution in [0.15, 0.2) is 36.4 Å². The van der Waals surface area contributed by atoms with Crippen molar-refractivity contribution in [1.29, 1.82) is 0 Å². The van der Waals surface area contributed by atoms with E-state index in [1.165, 1.54) is 4.90 Å². The van der Waals surface area contributed by atoms with E-state index < -0.39 is 6.03 Å². The van der Waals surface area contributed by atoms with Crippen LogP contribution in [0.5, 0.6) is 5.75 Å². The topological polar surface area (TPSA) is 88.2 Å². The third-order valence-corrected chi connectivity index (χ3v) is 5.06. The van der Waals surface area contributed by atoms with E-state index in [9.17, 15) is 14.4 Å². The summed E-state index contributed by atoms with van der Waals surface area (Å²) < 4.78 is 11.1. The highest BCUT2D eigenvalue weighted by molar-refractivity contribution is 6.03. The van der Waals surface area contributed by atoms with Crippen LogP contribution < -0.4 is 10.1 Å². The number of nitrogens with zero attached hydrogens (tertiary/aromatic N) is 2.